The quantitative estimate of drug-likeness (QED) is 0.460. The standard InChI is InChI=1S/C17H20N2O5.H2O4S/c1-23-16(21)14-12-8-7-11(19(12)17(18)22)9-13(14)24-15(20)10-5-3-2-4-6-10;1-5(2,3)4/h2-6,11-14H,7-9H2,1H3,(H2,18,22);(H2,1,2,3,4). The first-order chi connectivity index (χ1) is 13.5. The van der Waals surface area contributed by atoms with Crippen molar-refractivity contribution in [1.82, 2.24) is 4.90 Å². The largest absolute Gasteiger partial charge is 0.469 e. The number of ether oxygens (including phenoxy) is 2. The summed E-state index contributed by atoms with van der Waals surface area (Å²) < 4.78 is 42.1. The maximum Gasteiger partial charge on any atom is 0.394 e. The van der Waals surface area contributed by atoms with E-state index in [1.807, 2.05) is 0 Å². The van der Waals surface area contributed by atoms with Gasteiger partial charge in [0.1, 0.15) is 12.0 Å². The van der Waals surface area contributed by atoms with E-state index in [1.54, 1.807) is 30.3 Å². The summed E-state index contributed by atoms with van der Waals surface area (Å²) in [4.78, 5) is 37.8. The number of carbonyl (C=O) groups excluding carboxylic acids is 3. The molecule has 1 aromatic carbocycles. The van der Waals surface area contributed by atoms with Gasteiger partial charge in [0.05, 0.1) is 18.7 Å². The predicted octanol–water partition coefficient (Wildman–Crippen LogP) is 0.664. The van der Waals surface area contributed by atoms with Crippen molar-refractivity contribution < 1.29 is 41.4 Å². The fraction of sp³-hybridized carbons (Fsp3) is 0.471. The zero-order valence-corrected chi connectivity index (χ0v) is 16.3. The van der Waals surface area contributed by atoms with E-state index < -0.39 is 40.4 Å². The van der Waals surface area contributed by atoms with Crippen molar-refractivity contribution in [2.75, 3.05) is 7.11 Å². The molecule has 12 heteroatoms. The molecule has 2 saturated heterocycles. The van der Waals surface area contributed by atoms with Crippen LogP contribution in [0.15, 0.2) is 30.3 Å². The molecular formula is C17H22N2O9S. The minimum atomic E-state index is -4.67. The fourth-order valence-corrected chi connectivity index (χ4v) is 3.85. The Morgan fingerprint density at radius 2 is 1.72 bits per heavy atom. The smallest absolute Gasteiger partial charge is 0.394 e. The summed E-state index contributed by atoms with van der Waals surface area (Å²) in [5.74, 6) is -1.69. The van der Waals surface area contributed by atoms with Gasteiger partial charge in [-0.3, -0.25) is 13.9 Å². The van der Waals surface area contributed by atoms with Crippen molar-refractivity contribution in [1.29, 1.82) is 0 Å². The summed E-state index contributed by atoms with van der Waals surface area (Å²) in [7, 11) is -3.38. The van der Waals surface area contributed by atoms with Crippen molar-refractivity contribution in [3.8, 4) is 0 Å². The van der Waals surface area contributed by atoms with Gasteiger partial charge >= 0.3 is 28.4 Å². The number of nitrogens with zero attached hydrogens (tertiary/aromatic N) is 1. The second kappa shape index (κ2) is 9.20. The highest BCUT2D eigenvalue weighted by atomic mass is 32.3. The Bertz CT molecular complexity index is 851. The van der Waals surface area contributed by atoms with Crippen LogP contribution in [0.2, 0.25) is 0 Å². The molecule has 2 heterocycles. The van der Waals surface area contributed by atoms with Gasteiger partial charge in [-0.1, -0.05) is 18.2 Å². The number of primary amides is 1. The van der Waals surface area contributed by atoms with E-state index in [0.717, 1.165) is 6.42 Å². The van der Waals surface area contributed by atoms with Crippen molar-refractivity contribution in [2.24, 2.45) is 11.7 Å². The van der Waals surface area contributed by atoms with Gasteiger partial charge in [0, 0.05) is 12.5 Å². The van der Waals surface area contributed by atoms with E-state index in [1.165, 1.54) is 12.0 Å². The van der Waals surface area contributed by atoms with Crippen molar-refractivity contribution in [3.63, 3.8) is 0 Å². The molecule has 11 nitrogen and oxygen atoms in total. The van der Waals surface area contributed by atoms with Gasteiger partial charge < -0.3 is 20.1 Å². The molecule has 1 aromatic rings. The molecule has 4 atom stereocenters. The van der Waals surface area contributed by atoms with E-state index in [2.05, 4.69) is 0 Å². The third-order valence-electron chi connectivity index (χ3n) is 4.86. The highest BCUT2D eigenvalue weighted by Gasteiger charge is 2.53. The van der Waals surface area contributed by atoms with Gasteiger partial charge in [-0.05, 0) is 25.0 Å². The van der Waals surface area contributed by atoms with E-state index in [-0.39, 0.29) is 12.1 Å². The summed E-state index contributed by atoms with van der Waals surface area (Å²) >= 11 is 0. The molecule has 0 aliphatic carbocycles. The molecular weight excluding hydrogens is 408 g/mol. The molecule has 2 aliphatic rings. The molecule has 2 amide bonds. The topological polar surface area (TPSA) is 174 Å². The lowest BCUT2D eigenvalue weighted by atomic mass is 9.87. The number of nitrogens with two attached hydrogens (primary N) is 1. The van der Waals surface area contributed by atoms with E-state index in [4.69, 9.17) is 32.7 Å². The SMILES string of the molecule is COC(=O)C1C(OC(=O)c2ccccc2)CC2CCC1N2C(N)=O.O=S(=O)(O)O. The van der Waals surface area contributed by atoms with Crippen LogP contribution >= 0.6 is 0 Å². The minimum Gasteiger partial charge on any atom is -0.469 e. The zero-order chi connectivity index (χ0) is 21.8. The van der Waals surface area contributed by atoms with Crippen LogP contribution in [-0.4, -0.2) is 65.7 Å². The zero-order valence-electron chi connectivity index (χ0n) is 15.5. The van der Waals surface area contributed by atoms with Crippen molar-refractivity contribution in [2.45, 2.75) is 37.5 Å². The van der Waals surface area contributed by atoms with Crippen molar-refractivity contribution >= 4 is 28.4 Å². The molecule has 0 saturated carbocycles. The van der Waals surface area contributed by atoms with E-state index in [9.17, 15) is 14.4 Å². The van der Waals surface area contributed by atoms with Crippen LogP contribution in [0, 0.1) is 5.92 Å². The number of hydrogen-bond donors (Lipinski definition) is 3. The fourth-order valence-electron chi connectivity index (χ4n) is 3.85. The number of esters is 2. The number of amides is 2. The third kappa shape index (κ3) is 5.89. The lowest BCUT2D eigenvalue weighted by Crippen LogP contribution is -2.58. The highest BCUT2D eigenvalue weighted by Crippen LogP contribution is 2.41. The molecule has 4 N–H and O–H groups in total. The maximum absolute atomic E-state index is 12.3. The Hall–Kier alpha value is -2.70. The molecule has 0 radical (unpaired) electrons. The molecule has 2 fully saturated rings. The molecule has 160 valence electrons. The van der Waals surface area contributed by atoms with Crippen LogP contribution in [0.1, 0.15) is 29.6 Å². The van der Waals surface area contributed by atoms with E-state index in [0.29, 0.717) is 18.4 Å². The number of fused-ring (bicyclic) bond motifs is 2. The summed E-state index contributed by atoms with van der Waals surface area (Å²) in [5, 5.41) is 0. The highest BCUT2D eigenvalue weighted by molar-refractivity contribution is 7.79. The van der Waals surface area contributed by atoms with Crippen LogP contribution in [0.5, 0.6) is 0 Å². The second-order valence-corrected chi connectivity index (χ2v) is 7.48. The molecule has 3 rings (SSSR count). The van der Waals surface area contributed by atoms with Gasteiger partial charge in [-0.25, -0.2) is 9.59 Å². The van der Waals surface area contributed by atoms with Crippen LogP contribution in [0.3, 0.4) is 0 Å². The predicted molar refractivity (Wildman–Crippen MR) is 98.2 cm³/mol. The summed E-state index contributed by atoms with van der Waals surface area (Å²) in [6.45, 7) is 0. The number of carbonyl (C=O) groups is 3. The Labute approximate surface area is 167 Å². The number of piperidine rings is 1. The number of urea groups is 1. The van der Waals surface area contributed by atoms with Crippen LogP contribution in [-0.2, 0) is 24.7 Å². The van der Waals surface area contributed by atoms with Gasteiger partial charge in [-0.2, -0.15) is 8.42 Å². The average molecular weight is 430 g/mol. The number of hydrogen-bond acceptors (Lipinski definition) is 7. The Kier molecular flexibility index (Phi) is 7.16. The first-order valence-corrected chi connectivity index (χ1v) is 10.0. The number of rotatable bonds is 3. The lowest BCUT2D eigenvalue weighted by molar-refractivity contribution is -0.155. The van der Waals surface area contributed by atoms with E-state index >= 15 is 0 Å². The Morgan fingerprint density at radius 1 is 1.14 bits per heavy atom. The van der Waals surface area contributed by atoms with Crippen molar-refractivity contribution in [3.05, 3.63) is 35.9 Å². The Morgan fingerprint density at radius 3 is 2.24 bits per heavy atom. The number of methoxy groups -OCH3 is 1. The second-order valence-electron chi connectivity index (χ2n) is 6.59. The summed E-state index contributed by atoms with van der Waals surface area (Å²) in [6.07, 6.45) is 1.14. The molecule has 2 aliphatic heterocycles. The normalized spacial score (nSPS) is 25.4. The van der Waals surface area contributed by atoms with Crippen LogP contribution in [0.4, 0.5) is 4.79 Å². The molecule has 2 bridgehead atoms. The monoisotopic (exact) mass is 430 g/mol. The summed E-state index contributed by atoms with van der Waals surface area (Å²) in [5.41, 5.74) is 5.88. The molecule has 0 aromatic heterocycles. The molecule has 29 heavy (non-hydrogen) atoms. The van der Waals surface area contributed by atoms with Gasteiger partial charge in [0.2, 0.25) is 0 Å². The average Bonchev–Trinajstić information content (AvgIpc) is 2.96. The number of benzene rings is 1. The third-order valence-corrected chi connectivity index (χ3v) is 4.86. The first kappa shape index (κ1) is 22.6. The van der Waals surface area contributed by atoms with Gasteiger partial charge in [0.15, 0.2) is 0 Å². The molecule has 0 spiro atoms. The summed E-state index contributed by atoms with van der Waals surface area (Å²) in [6, 6.07) is 7.56. The van der Waals surface area contributed by atoms with Crippen LogP contribution in [0.25, 0.3) is 0 Å². The van der Waals surface area contributed by atoms with Gasteiger partial charge in [0.25, 0.3) is 0 Å². The Balaban J connectivity index is 0.000000537. The molecule has 4 unspecified atom stereocenters. The first-order valence-electron chi connectivity index (χ1n) is 8.64. The van der Waals surface area contributed by atoms with Crippen LogP contribution < -0.4 is 5.73 Å². The maximum atomic E-state index is 12.3. The van der Waals surface area contributed by atoms with Gasteiger partial charge in [-0.15, -0.1) is 0 Å². The lowest BCUT2D eigenvalue weighted by Gasteiger charge is -2.41. The minimum absolute atomic E-state index is 0.109.